The Morgan fingerprint density at radius 3 is 2.36 bits per heavy atom. The third-order valence-electron chi connectivity index (χ3n) is 6.02. The van der Waals surface area contributed by atoms with Gasteiger partial charge in [-0.05, 0) is 73.1 Å². The van der Waals surface area contributed by atoms with Crippen LogP contribution in [0.2, 0.25) is 10.0 Å². The molecule has 174 valence electrons. The van der Waals surface area contributed by atoms with Crippen LogP contribution in [0.1, 0.15) is 58.9 Å². The fraction of sp³-hybridized carbons (Fsp3) is 0.375. The second-order valence-corrected chi connectivity index (χ2v) is 9.06. The lowest BCUT2D eigenvalue weighted by molar-refractivity contribution is 0.00958. The monoisotopic (exact) mass is 489 g/mol. The summed E-state index contributed by atoms with van der Waals surface area (Å²) < 4.78 is 12.9. The number of carboxylic acid groups (broad SMARTS) is 1. The Kier molecular flexibility index (Phi) is 7.53. The summed E-state index contributed by atoms with van der Waals surface area (Å²) in [6.07, 6.45) is 3.70. The van der Waals surface area contributed by atoms with E-state index in [-0.39, 0.29) is 18.4 Å². The summed E-state index contributed by atoms with van der Waals surface area (Å²) in [5.74, 6) is 0.0248. The van der Waals surface area contributed by atoms with Crippen molar-refractivity contribution in [1.82, 2.24) is 15.0 Å². The van der Waals surface area contributed by atoms with Crippen molar-refractivity contribution in [3.63, 3.8) is 0 Å². The van der Waals surface area contributed by atoms with Gasteiger partial charge >= 0.3 is 5.97 Å². The standard InChI is InChI=1S/C24H25Cl2N3O4/c1-32-20-6-2-15(3-7-20)13-29-22(23(24(30)31)27-28-29)14-33-21-8-4-16(5-9-21)17-10-18(25)12-19(26)11-17/h2-3,6-7,10-12,16,21H,4-5,8-9,13-14H2,1H3,(H,30,31)/t16-,21-. The summed E-state index contributed by atoms with van der Waals surface area (Å²) in [6.45, 7) is 0.536. The van der Waals surface area contributed by atoms with Gasteiger partial charge in [0.25, 0.3) is 0 Å². The minimum absolute atomic E-state index is 0.0434. The maximum Gasteiger partial charge on any atom is 0.358 e. The highest BCUT2D eigenvalue weighted by Gasteiger charge is 2.25. The summed E-state index contributed by atoms with van der Waals surface area (Å²) in [6, 6.07) is 13.2. The second kappa shape index (κ2) is 10.5. The van der Waals surface area contributed by atoms with Crippen molar-refractivity contribution in [2.75, 3.05) is 7.11 Å². The van der Waals surface area contributed by atoms with Crippen molar-refractivity contribution in [2.45, 2.75) is 50.9 Å². The van der Waals surface area contributed by atoms with Crippen molar-refractivity contribution >= 4 is 29.2 Å². The lowest BCUT2D eigenvalue weighted by atomic mass is 9.83. The predicted molar refractivity (Wildman–Crippen MR) is 125 cm³/mol. The van der Waals surface area contributed by atoms with E-state index in [1.54, 1.807) is 17.9 Å². The van der Waals surface area contributed by atoms with Crippen LogP contribution >= 0.6 is 23.2 Å². The van der Waals surface area contributed by atoms with Gasteiger partial charge in [0, 0.05) is 10.0 Å². The maximum absolute atomic E-state index is 11.7. The predicted octanol–water partition coefficient (Wildman–Crippen LogP) is 5.58. The molecule has 1 heterocycles. The second-order valence-electron chi connectivity index (χ2n) is 8.18. The molecule has 0 spiro atoms. The Morgan fingerprint density at radius 1 is 1.09 bits per heavy atom. The molecule has 4 rings (SSSR count). The van der Waals surface area contributed by atoms with Crippen molar-refractivity contribution in [1.29, 1.82) is 0 Å². The highest BCUT2D eigenvalue weighted by atomic mass is 35.5. The first-order valence-electron chi connectivity index (χ1n) is 10.8. The molecule has 1 aromatic heterocycles. The molecule has 2 aromatic carbocycles. The van der Waals surface area contributed by atoms with E-state index in [0.717, 1.165) is 42.6 Å². The molecule has 0 aliphatic heterocycles. The van der Waals surface area contributed by atoms with Crippen LogP contribution in [0.25, 0.3) is 0 Å². The molecule has 1 aliphatic carbocycles. The van der Waals surface area contributed by atoms with Gasteiger partial charge in [0.2, 0.25) is 0 Å². The highest BCUT2D eigenvalue weighted by molar-refractivity contribution is 6.34. The molecule has 9 heteroatoms. The number of halogens is 2. The van der Waals surface area contributed by atoms with Gasteiger partial charge in [0.05, 0.1) is 32.1 Å². The first-order valence-corrected chi connectivity index (χ1v) is 11.5. The molecule has 0 radical (unpaired) electrons. The van der Waals surface area contributed by atoms with Gasteiger partial charge in [-0.1, -0.05) is 40.5 Å². The number of nitrogens with zero attached hydrogens (tertiary/aromatic N) is 3. The number of carbonyl (C=O) groups is 1. The van der Waals surface area contributed by atoms with E-state index in [2.05, 4.69) is 10.3 Å². The zero-order valence-electron chi connectivity index (χ0n) is 18.2. The average molecular weight is 490 g/mol. The minimum Gasteiger partial charge on any atom is -0.497 e. The zero-order chi connectivity index (χ0) is 23.4. The van der Waals surface area contributed by atoms with Gasteiger partial charge in [0.1, 0.15) is 5.75 Å². The Hall–Kier alpha value is -2.61. The van der Waals surface area contributed by atoms with Crippen LogP contribution in [0.3, 0.4) is 0 Å². The Labute approximate surface area is 202 Å². The Morgan fingerprint density at radius 2 is 1.76 bits per heavy atom. The van der Waals surface area contributed by atoms with E-state index in [0.29, 0.717) is 28.2 Å². The fourth-order valence-electron chi connectivity index (χ4n) is 4.24. The number of ether oxygens (including phenoxy) is 2. The summed E-state index contributed by atoms with van der Waals surface area (Å²) in [7, 11) is 1.61. The summed E-state index contributed by atoms with van der Waals surface area (Å²) in [5.41, 5.74) is 2.49. The number of aromatic nitrogens is 3. The molecule has 0 atom stereocenters. The lowest BCUT2D eigenvalue weighted by Crippen LogP contribution is -2.22. The van der Waals surface area contributed by atoms with Gasteiger partial charge in [-0.25, -0.2) is 9.48 Å². The molecule has 0 bridgehead atoms. The summed E-state index contributed by atoms with van der Waals surface area (Å²) >= 11 is 12.3. The van der Waals surface area contributed by atoms with E-state index in [1.807, 2.05) is 36.4 Å². The molecule has 0 unspecified atom stereocenters. The third-order valence-corrected chi connectivity index (χ3v) is 6.45. The van der Waals surface area contributed by atoms with Crippen LogP contribution < -0.4 is 4.74 Å². The van der Waals surface area contributed by atoms with Crippen molar-refractivity contribution in [3.05, 3.63) is 75.0 Å². The largest absolute Gasteiger partial charge is 0.497 e. The quantitative estimate of drug-likeness (QED) is 0.444. The molecule has 1 aliphatic rings. The number of methoxy groups -OCH3 is 1. The van der Waals surface area contributed by atoms with E-state index in [1.165, 1.54) is 0 Å². The van der Waals surface area contributed by atoms with E-state index in [9.17, 15) is 9.90 Å². The smallest absolute Gasteiger partial charge is 0.358 e. The van der Waals surface area contributed by atoms with Crippen LogP contribution in [0.4, 0.5) is 0 Å². The zero-order valence-corrected chi connectivity index (χ0v) is 19.7. The molecule has 1 saturated carbocycles. The number of rotatable bonds is 8. The van der Waals surface area contributed by atoms with Gasteiger partial charge < -0.3 is 14.6 Å². The SMILES string of the molecule is COc1ccc(Cn2nnc(C(=O)O)c2CO[C@H]2CC[C@H](c3cc(Cl)cc(Cl)c3)CC2)cc1. The molecular weight excluding hydrogens is 465 g/mol. The molecule has 3 aromatic rings. The fourth-order valence-corrected chi connectivity index (χ4v) is 4.79. The molecule has 1 fully saturated rings. The summed E-state index contributed by atoms with van der Waals surface area (Å²) in [4.78, 5) is 11.7. The molecule has 7 nitrogen and oxygen atoms in total. The molecule has 0 amide bonds. The van der Waals surface area contributed by atoms with Gasteiger partial charge in [-0.3, -0.25) is 0 Å². The van der Waals surface area contributed by atoms with Crippen LogP contribution in [0, 0.1) is 0 Å². The molecule has 33 heavy (non-hydrogen) atoms. The highest BCUT2D eigenvalue weighted by Crippen LogP contribution is 2.36. The molecule has 1 N–H and O–H groups in total. The van der Waals surface area contributed by atoms with E-state index < -0.39 is 5.97 Å². The number of hydrogen-bond acceptors (Lipinski definition) is 5. The lowest BCUT2D eigenvalue weighted by Gasteiger charge is -2.29. The van der Waals surface area contributed by atoms with E-state index in [4.69, 9.17) is 32.7 Å². The number of hydrogen-bond donors (Lipinski definition) is 1. The number of benzene rings is 2. The van der Waals surface area contributed by atoms with Gasteiger partial charge in [-0.15, -0.1) is 5.10 Å². The number of aromatic carboxylic acids is 1. The number of carboxylic acids is 1. The van der Waals surface area contributed by atoms with Crippen LogP contribution in [-0.2, 0) is 17.9 Å². The Bertz CT molecular complexity index is 1090. The van der Waals surface area contributed by atoms with E-state index >= 15 is 0 Å². The normalized spacial score (nSPS) is 18.3. The minimum atomic E-state index is -1.11. The summed E-state index contributed by atoms with van der Waals surface area (Å²) in [5, 5.41) is 18.8. The maximum atomic E-state index is 11.7. The third kappa shape index (κ3) is 5.85. The van der Waals surface area contributed by atoms with Gasteiger partial charge in [-0.2, -0.15) is 0 Å². The Balaban J connectivity index is 1.39. The first kappa shape index (κ1) is 23.5. The van der Waals surface area contributed by atoms with Crippen LogP contribution in [-0.4, -0.2) is 39.3 Å². The average Bonchev–Trinajstić information content (AvgIpc) is 3.20. The first-order chi connectivity index (χ1) is 15.9. The topological polar surface area (TPSA) is 86.5 Å². The van der Waals surface area contributed by atoms with Crippen molar-refractivity contribution < 1.29 is 19.4 Å². The van der Waals surface area contributed by atoms with Crippen LogP contribution in [0.15, 0.2) is 42.5 Å². The van der Waals surface area contributed by atoms with Gasteiger partial charge in [0.15, 0.2) is 5.69 Å². The van der Waals surface area contributed by atoms with Crippen LogP contribution in [0.5, 0.6) is 5.75 Å². The molecule has 0 saturated heterocycles. The van der Waals surface area contributed by atoms with Crippen molar-refractivity contribution in [3.8, 4) is 5.75 Å². The van der Waals surface area contributed by atoms with Crippen molar-refractivity contribution in [2.24, 2.45) is 0 Å². The molecular formula is C24H25Cl2N3O4.